The van der Waals surface area contributed by atoms with Crippen molar-refractivity contribution in [2.75, 3.05) is 13.7 Å². The zero-order valence-corrected chi connectivity index (χ0v) is 9.66. The van der Waals surface area contributed by atoms with Crippen molar-refractivity contribution in [3.8, 4) is 0 Å². The maximum Gasteiger partial charge on any atom is 0.137 e. The van der Waals surface area contributed by atoms with E-state index < -0.39 is 0 Å². The van der Waals surface area contributed by atoms with Crippen LogP contribution in [-0.4, -0.2) is 29.7 Å². The van der Waals surface area contributed by atoms with E-state index in [1.807, 2.05) is 12.3 Å². The maximum absolute atomic E-state index is 5.08. The Hall–Kier alpha value is -1.39. The van der Waals surface area contributed by atoms with Crippen molar-refractivity contribution in [1.29, 1.82) is 0 Å². The highest BCUT2D eigenvalue weighted by molar-refractivity contribution is 5.79. The Bertz CT molecular complexity index is 452. The summed E-state index contributed by atoms with van der Waals surface area (Å²) in [6.07, 6.45) is 3.80. The lowest BCUT2D eigenvalue weighted by atomic mass is 10.2. The number of pyridine rings is 1. The molecule has 0 saturated heterocycles. The highest BCUT2D eigenvalue weighted by atomic mass is 16.5. The van der Waals surface area contributed by atoms with Gasteiger partial charge in [-0.3, -0.25) is 0 Å². The second-order valence-corrected chi connectivity index (χ2v) is 3.95. The van der Waals surface area contributed by atoms with E-state index in [0.29, 0.717) is 6.04 Å². The third-order valence-electron chi connectivity index (χ3n) is 2.59. The minimum atomic E-state index is 0.353. The monoisotopic (exact) mass is 219 g/mol. The molecule has 0 amide bonds. The van der Waals surface area contributed by atoms with Gasteiger partial charge in [-0.1, -0.05) is 0 Å². The summed E-state index contributed by atoms with van der Waals surface area (Å²) < 4.78 is 5.08. The summed E-state index contributed by atoms with van der Waals surface area (Å²) in [4.78, 5) is 7.42. The third kappa shape index (κ3) is 2.40. The molecule has 1 unspecified atom stereocenters. The molecular formula is C12H17N3O. The smallest absolute Gasteiger partial charge is 0.137 e. The number of nitrogens with zero attached hydrogens (tertiary/aromatic N) is 1. The number of hydrogen-bond donors (Lipinski definition) is 2. The number of nitrogens with one attached hydrogen (secondary N) is 2. The molecule has 4 heteroatoms. The average Bonchev–Trinajstić information content (AvgIpc) is 2.70. The molecule has 0 aliphatic heterocycles. The van der Waals surface area contributed by atoms with E-state index in [1.54, 1.807) is 13.3 Å². The molecule has 86 valence electrons. The number of fused-ring (bicyclic) bond motifs is 1. The predicted molar refractivity (Wildman–Crippen MR) is 64.3 cm³/mol. The SMILES string of the molecule is COCC(C)NCc1c[nH]c2ncccc12. The van der Waals surface area contributed by atoms with Gasteiger partial charge in [-0.15, -0.1) is 0 Å². The molecule has 2 rings (SSSR count). The van der Waals surface area contributed by atoms with Crippen LogP contribution < -0.4 is 5.32 Å². The average molecular weight is 219 g/mol. The molecule has 0 aliphatic rings. The first-order valence-electron chi connectivity index (χ1n) is 5.44. The number of ether oxygens (including phenoxy) is 1. The second-order valence-electron chi connectivity index (χ2n) is 3.95. The van der Waals surface area contributed by atoms with Crippen LogP contribution in [0.3, 0.4) is 0 Å². The zero-order valence-electron chi connectivity index (χ0n) is 9.66. The summed E-state index contributed by atoms with van der Waals surface area (Å²) in [6.45, 7) is 3.66. The molecule has 0 bridgehead atoms. The second kappa shape index (κ2) is 5.09. The molecule has 0 radical (unpaired) electrons. The molecule has 0 aliphatic carbocycles. The minimum absolute atomic E-state index is 0.353. The maximum atomic E-state index is 5.08. The molecule has 0 aromatic carbocycles. The number of aromatic nitrogens is 2. The fraction of sp³-hybridized carbons (Fsp3) is 0.417. The van der Waals surface area contributed by atoms with Gasteiger partial charge >= 0.3 is 0 Å². The van der Waals surface area contributed by atoms with Crippen molar-refractivity contribution in [1.82, 2.24) is 15.3 Å². The van der Waals surface area contributed by atoms with Gasteiger partial charge < -0.3 is 15.0 Å². The van der Waals surface area contributed by atoms with Crippen molar-refractivity contribution >= 4 is 11.0 Å². The first-order valence-corrected chi connectivity index (χ1v) is 5.44. The molecule has 2 heterocycles. The Morgan fingerprint density at radius 1 is 1.56 bits per heavy atom. The molecule has 0 spiro atoms. The van der Waals surface area contributed by atoms with Gasteiger partial charge in [0.05, 0.1) is 6.61 Å². The fourth-order valence-electron chi connectivity index (χ4n) is 1.75. The molecule has 2 aromatic rings. The number of aromatic amines is 1. The van der Waals surface area contributed by atoms with Gasteiger partial charge in [0.1, 0.15) is 5.65 Å². The van der Waals surface area contributed by atoms with Crippen LogP contribution in [0.25, 0.3) is 11.0 Å². The lowest BCUT2D eigenvalue weighted by Crippen LogP contribution is -2.29. The van der Waals surface area contributed by atoms with Crippen molar-refractivity contribution in [2.45, 2.75) is 19.5 Å². The largest absolute Gasteiger partial charge is 0.383 e. The molecule has 1 atom stereocenters. The van der Waals surface area contributed by atoms with Crippen LogP contribution >= 0.6 is 0 Å². The van der Waals surface area contributed by atoms with Crippen LogP contribution in [0.5, 0.6) is 0 Å². The van der Waals surface area contributed by atoms with Crippen LogP contribution in [0.15, 0.2) is 24.5 Å². The lowest BCUT2D eigenvalue weighted by Gasteiger charge is -2.11. The fourth-order valence-corrected chi connectivity index (χ4v) is 1.75. The van der Waals surface area contributed by atoms with E-state index in [0.717, 1.165) is 18.8 Å². The van der Waals surface area contributed by atoms with Crippen LogP contribution in [0.2, 0.25) is 0 Å². The summed E-state index contributed by atoms with van der Waals surface area (Å²) >= 11 is 0. The standard InChI is InChI=1S/C12H17N3O/c1-9(8-16-2)14-6-10-7-15-12-11(10)4-3-5-13-12/h3-5,7,9,14H,6,8H2,1-2H3,(H,13,15). The topological polar surface area (TPSA) is 49.9 Å². The van der Waals surface area contributed by atoms with Crippen molar-refractivity contribution in [3.63, 3.8) is 0 Å². The number of rotatable bonds is 5. The van der Waals surface area contributed by atoms with Gasteiger partial charge in [-0.05, 0) is 24.6 Å². The van der Waals surface area contributed by atoms with Gasteiger partial charge in [0.25, 0.3) is 0 Å². The van der Waals surface area contributed by atoms with Gasteiger partial charge in [0, 0.05) is 37.5 Å². The molecule has 4 nitrogen and oxygen atoms in total. The Balaban J connectivity index is 2.04. The summed E-state index contributed by atoms with van der Waals surface area (Å²) in [5, 5.41) is 4.59. The molecule has 16 heavy (non-hydrogen) atoms. The van der Waals surface area contributed by atoms with Crippen LogP contribution in [0.4, 0.5) is 0 Å². The van der Waals surface area contributed by atoms with E-state index in [9.17, 15) is 0 Å². The number of methoxy groups -OCH3 is 1. The molecule has 0 saturated carbocycles. The Morgan fingerprint density at radius 2 is 2.44 bits per heavy atom. The lowest BCUT2D eigenvalue weighted by molar-refractivity contribution is 0.172. The van der Waals surface area contributed by atoms with E-state index in [4.69, 9.17) is 4.74 Å². The molecule has 0 fully saturated rings. The Morgan fingerprint density at radius 3 is 3.25 bits per heavy atom. The van der Waals surface area contributed by atoms with E-state index in [1.165, 1.54) is 10.9 Å². The third-order valence-corrected chi connectivity index (χ3v) is 2.59. The Kier molecular flexibility index (Phi) is 3.54. The summed E-state index contributed by atoms with van der Waals surface area (Å²) in [7, 11) is 1.72. The predicted octanol–water partition coefficient (Wildman–Crippen LogP) is 1.69. The first-order chi connectivity index (χ1) is 7.81. The number of H-pyrrole nitrogens is 1. The Labute approximate surface area is 95.0 Å². The number of hydrogen-bond acceptors (Lipinski definition) is 3. The van der Waals surface area contributed by atoms with Gasteiger partial charge in [-0.25, -0.2) is 4.98 Å². The van der Waals surface area contributed by atoms with Gasteiger partial charge in [0.15, 0.2) is 0 Å². The normalized spacial score (nSPS) is 13.1. The zero-order chi connectivity index (χ0) is 11.4. The minimum Gasteiger partial charge on any atom is -0.383 e. The van der Waals surface area contributed by atoms with E-state index in [-0.39, 0.29) is 0 Å². The van der Waals surface area contributed by atoms with Crippen LogP contribution in [-0.2, 0) is 11.3 Å². The molecular weight excluding hydrogens is 202 g/mol. The van der Waals surface area contributed by atoms with Gasteiger partial charge in [0.2, 0.25) is 0 Å². The van der Waals surface area contributed by atoms with E-state index >= 15 is 0 Å². The quantitative estimate of drug-likeness (QED) is 0.804. The van der Waals surface area contributed by atoms with Crippen molar-refractivity contribution < 1.29 is 4.74 Å². The highest BCUT2D eigenvalue weighted by Gasteiger charge is 2.05. The van der Waals surface area contributed by atoms with Crippen molar-refractivity contribution in [2.24, 2.45) is 0 Å². The van der Waals surface area contributed by atoms with Crippen LogP contribution in [0, 0.1) is 0 Å². The van der Waals surface area contributed by atoms with Gasteiger partial charge in [-0.2, -0.15) is 0 Å². The summed E-state index contributed by atoms with van der Waals surface area (Å²) in [5.41, 5.74) is 2.18. The summed E-state index contributed by atoms with van der Waals surface area (Å²) in [6, 6.07) is 4.39. The summed E-state index contributed by atoms with van der Waals surface area (Å²) in [5.74, 6) is 0. The first kappa shape index (κ1) is 11.1. The van der Waals surface area contributed by atoms with Crippen molar-refractivity contribution in [3.05, 3.63) is 30.1 Å². The van der Waals surface area contributed by atoms with E-state index in [2.05, 4.69) is 28.3 Å². The molecule has 2 aromatic heterocycles. The highest BCUT2D eigenvalue weighted by Crippen LogP contribution is 2.15. The molecule has 2 N–H and O–H groups in total. The van der Waals surface area contributed by atoms with Crippen LogP contribution in [0.1, 0.15) is 12.5 Å².